The fourth-order valence-electron chi connectivity index (χ4n) is 2.29. The van der Waals surface area contributed by atoms with Gasteiger partial charge in [-0.05, 0) is 60.7 Å². The van der Waals surface area contributed by atoms with E-state index in [1.807, 2.05) is 0 Å². The summed E-state index contributed by atoms with van der Waals surface area (Å²) in [5.74, 6) is 0.360. The van der Waals surface area contributed by atoms with Crippen molar-refractivity contribution in [3.05, 3.63) is 87.7 Å². The fraction of sp³-hybridized carbons (Fsp3) is 0. The van der Waals surface area contributed by atoms with Crippen LogP contribution in [0.15, 0.2) is 66.7 Å². The minimum absolute atomic E-state index is 0.168. The van der Waals surface area contributed by atoms with Crippen molar-refractivity contribution in [1.29, 1.82) is 0 Å². The first-order valence-corrected chi connectivity index (χ1v) is 8.74. The van der Waals surface area contributed by atoms with Gasteiger partial charge in [0.2, 0.25) is 0 Å². The number of ether oxygens (including phenoxy) is 1. The van der Waals surface area contributed by atoms with E-state index in [2.05, 4.69) is 10.6 Å². The number of anilines is 2. The summed E-state index contributed by atoms with van der Waals surface area (Å²) in [4.78, 5) is 10.7. The average molecular weight is 418 g/mol. The summed E-state index contributed by atoms with van der Waals surface area (Å²) in [5.41, 5.74) is 0.762. The van der Waals surface area contributed by atoms with E-state index in [0.29, 0.717) is 22.1 Å². The molecule has 0 atom stereocenters. The molecule has 3 rings (SSSR count). The molecule has 9 heteroatoms. The molecule has 0 aliphatic rings. The maximum Gasteiger partial charge on any atom is 0.275 e. The zero-order valence-electron chi connectivity index (χ0n) is 14.2. The zero-order valence-corrected chi connectivity index (χ0v) is 15.8. The number of thiocarbonyl (C=S) groups is 1. The third-order valence-electron chi connectivity index (χ3n) is 3.51. The van der Waals surface area contributed by atoms with E-state index in [0.717, 1.165) is 0 Å². The minimum atomic E-state index is -0.531. The van der Waals surface area contributed by atoms with Crippen molar-refractivity contribution in [3.63, 3.8) is 0 Å². The molecule has 0 fully saturated rings. The number of benzene rings is 3. The molecule has 0 bridgehead atoms. The van der Waals surface area contributed by atoms with Gasteiger partial charge in [-0.1, -0.05) is 11.6 Å². The van der Waals surface area contributed by atoms with E-state index in [4.69, 9.17) is 28.6 Å². The van der Waals surface area contributed by atoms with Gasteiger partial charge in [-0.15, -0.1) is 0 Å². The Morgan fingerprint density at radius 2 is 1.61 bits per heavy atom. The number of non-ortho nitro benzene ring substituents is 1. The second-order valence-corrected chi connectivity index (χ2v) is 6.46. The molecule has 0 spiro atoms. The van der Waals surface area contributed by atoms with Gasteiger partial charge in [0.15, 0.2) is 5.11 Å². The van der Waals surface area contributed by atoms with E-state index < -0.39 is 4.92 Å². The lowest BCUT2D eigenvalue weighted by atomic mass is 10.2. The monoisotopic (exact) mass is 417 g/mol. The van der Waals surface area contributed by atoms with Crippen LogP contribution < -0.4 is 15.4 Å². The first-order valence-electron chi connectivity index (χ1n) is 7.95. The molecular weight excluding hydrogens is 405 g/mol. The molecule has 0 aromatic heterocycles. The van der Waals surface area contributed by atoms with Crippen LogP contribution in [-0.4, -0.2) is 10.0 Å². The predicted octanol–water partition coefficient (Wildman–Crippen LogP) is 5.99. The molecule has 142 valence electrons. The second-order valence-electron chi connectivity index (χ2n) is 5.61. The normalized spacial score (nSPS) is 10.2. The van der Waals surface area contributed by atoms with Gasteiger partial charge in [-0.25, -0.2) is 4.39 Å². The summed E-state index contributed by atoms with van der Waals surface area (Å²) < 4.78 is 18.6. The lowest BCUT2D eigenvalue weighted by molar-refractivity contribution is -0.384. The maximum atomic E-state index is 13.0. The summed E-state index contributed by atoms with van der Waals surface area (Å²) in [7, 11) is 0. The molecule has 2 N–H and O–H groups in total. The summed E-state index contributed by atoms with van der Waals surface area (Å²) >= 11 is 11.0. The molecule has 0 aliphatic carbocycles. The largest absolute Gasteiger partial charge is 0.457 e. The van der Waals surface area contributed by atoms with E-state index in [-0.39, 0.29) is 22.4 Å². The van der Waals surface area contributed by atoms with Crippen molar-refractivity contribution in [2.45, 2.75) is 0 Å². The summed E-state index contributed by atoms with van der Waals surface area (Å²) in [6.07, 6.45) is 0. The van der Waals surface area contributed by atoms with Gasteiger partial charge in [-0.3, -0.25) is 10.1 Å². The SMILES string of the molecule is O=[N+]([O-])c1cc(NC(=S)Nc2ccc(F)cc2)cc(Oc2ccc(Cl)cc2)c1. The van der Waals surface area contributed by atoms with Gasteiger partial charge in [0, 0.05) is 22.8 Å². The minimum Gasteiger partial charge on any atom is -0.457 e. The quantitative estimate of drug-likeness (QED) is 0.302. The summed E-state index contributed by atoms with van der Waals surface area (Å²) in [6.45, 7) is 0. The Hall–Kier alpha value is -3.23. The van der Waals surface area contributed by atoms with Crippen LogP contribution >= 0.6 is 23.8 Å². The second kappa shape index (κ2) is 8.64. The van der Waals surface area contributed by atoms with Crippen LogP contribution in [0.1, 0.15) is 0 Å². The molecule has 3 aromatic carbocycles. The van der Waals surface area contributed by atoms with Crippen molar-refractivity contribution >= 4 is 46.0 Å². The van der Waals surface area contributed by atoms with Gasteiger partial charge in [0.25, 0.3) is 5.69 Å². The van der Waals surface area contributed by atoms with Gasteiger partial charge in [0.05, 0.1) is 16.7 Å². The lowest BCUT2D eigenvalue weighted by Crippen LogP contribution is -2.19. The lowest BCUT2D eigenvalue weighted by Gasteiger charge is -2.12. The number of rotatable bonds is 5. The highest BCUT2D eigenvalue weighted by molar-refractivity contribution is 7.80. The van der Waals surface area contributed by atoms with Crippen LogP contribution in [0.4, 0.5) is 21.5 Å². The van der Waals surface area contributed by atoms with Crippen molar-refractivity contribution < 1.29 is 14.1 Å². The Labute approximate surface area is 170 Å². The first kappa shape index (κ1) is 19.5. The summed E-state index contributed by atoms with van der Waals surface area (Å²) in [6, 6.07) is 16.4. The van der Waals surface area contributed by atoms with Gasteiger partial charge >= 0.3 is 0 Å². The molecule has 0 radical (unpaired) electrons. The molecule has 0 saturated heterocycles. The van der Waals surface area contributed by atoms with Gasteiger partial charge in [0.1, 0.15) is 17.3 Å². The number of nitrogens with zero attached hydrogens (tertiary/aromatic N) is 1. The van der Waals surface area contributed by atoms with E-state index in [9.17, 15) is 14.5 Å². The Bertz CT molecular complexity index is 1010. The van der Waals surface area contributed by atoms with E-state index >= 15 is 0 Å². The fourth-order valence-corrected chi connectivity index (χ4v) is 2.65. The molecule has 0 unspecified atom stereocenters. The Balaban J connectivity index is 1.78. The standard InChI is InChI=1S/C19H13ClFN3O3S/c20-12-1-7-17(8-2-12)27-18-10-15(9-16(11-18)24(25)26)23-19(28)22-14-5-3-13(21)4-6-14/h1-11H,(H2,22,23,28). The maximum absolute atomic E-state index is 13.0. The first-order chi connectivity index (χ1) is 13.4. The van der Waals surface area contributed by atoms with Crippen molar-refractivity contribution in [2.24, 2.45) is 0 Å². The summed E-state index contributed by atoms with van der Waals surface area (Å²) in [5, 5.41) is 17.7. The molecule has 28 heavy (non-hydrogen) atoms. The molecule has 0 heterocycles. The van der Waals surface area contributed by atoms with Gasteiger partial charge < -0.3 is 15.4 Å². The molecule has 0 aliphatic heterocycles. The molecule has 0 saturated carbocycles. The highest BCUT2D eigenvalue weighted by Crippen LogP contribution is 2.30. The number of halogens is 2. The van der Waals surface area contributed by atoms with Crippen molar-refractivity contribution in [2.75, 3.05) is 10.6 Å². The highest BCUT2D eigenvalue weighted by atomic mass is 35.5. The Morgan fingerprint density at radius 1 is 0.964 bits per heavy atom. The Morgan fingerprint density at radius 3 is 2.25 bits per heavy atom. The van der Waals surface area contributed by atoms with Crippen LogP contribution in [0.5, 0.6) is 11.5 Å². The molecule has 3 aromatic rings. The van der Waals surface area contributed by atoms with E-state index in [1.165, 1.54) is 36.4 Å². The molecule has 6 nitrogen and oxygen atoms in total. The van der Waals surface area contributed by atoms with Crippen LogP contribution in [0, 0.1) is 15.9 Å². The smallest absolute Gasteiger partial charge is 0.275 e. The van der Waals surface area contributed by atoms with Crippen LogP contribution in [-0.2, 0) is 0 Å². The van der Waals surface area contributed by atoms with Crippen LogP contribution in [0.25, 0.3) is 0 Å². The van der Waals surface area contributed by atoms with Crippen molar-refractivity contribution in [3.8, 4) is 11.5 Å². The van der Waals surface area contributed by atoms with Gasteiger partial charge in [-0.2, -0.15) is 0 Å². The Kier molecular flexibility index (Phi) is 6.03. The topological polar surface area (TPSA) is 76.4 Å². The predicted molar refractivity (Wildman–Crippen MR) is 111 cm³/mol. The molecular formula is C19H13ClFN3O3S. The third-order valence-corrected chi connectivity index (χ3v) is 3.97. The van der Waals surface area contributed by atoms with Crippen LogP contribution in [0.2, 0.25) is 5.02 Å². The number of nitro benzene ring substituents is 1. The number of nitrogens with one attached hydrogen (secondary N) is 2. The number of hydrogen-bond donors (Lipinski definition) is 2. The third kappa shape index (κ3) is 5.38. The number of nitro groups is 1. The number of hydrogen-bond acceptors (Lipinski definition) is 4. The van der Waals surface area contributed by atoms with Crippen molar-refractivity contribution in [1.82, 2.24) is 0 Å². The average Bonchev–Trinajstić information content (AvgIpc) is 2.65. The van der Waals surface area contributed by atoms with E-state index in [1.54, 1.807) is 30.3 Å². The zero-order chi connectivity index (χ0) is 20.1. The van der Waals surface area contributed by atoms with Crippen LogP contribution in [0.3, 0.4) is 0 Å². The molecule has 0 amide bonds. The highest BCUT2D eigenvalue weighted by Gasteiger charge is 2.12.